The molecule has 1 aromatic heterocycles. The quantitative estimate of drug-likeness (QED) is 0.857. The van der Waals surface area contributed by atoms with E-state index in [1.54, 1.807) is 7.05 Å². The number of aromatic nitrogens is 1. The van der Waals surface area contributed by atoms with Crippen LogP contribution in [0.1, 0.15) is 31.4 Å². The summed E-state index contributed by atoms with van der Waals surface area (Å²) in [4.78, 5) is 11.5. The summed E-state index contributed by atoms with van der Waals surface area (Å²) in [6.45, 7) is 2.01. The molecule has 1 heterocycles. The maximum absolute atomic E-state index is 11.5. The van der Waals surface area contributed by atoms with Gasteiger partial charge in [-0.1, -0.05) is 6.07 Å². The molecular formula is C14H21N3O2. The lowest BCUT2D eigenvalue weighted by atomic mass is 10.00. The van der Waals surface area contributed by atoms with Gasteiger partial charge in [0.2, 0.25) is 0 Å². The molecule has 19 heavy (non-hydrogen) atoms. The van der Waals surface area contributed by atoms with E-state index >= 15 is 0 Å². The molecule has 0 amide bonds. The highest BCUT2D eigenvalue weighted by Gasteiger charge is 2.13. The minimum absolute atomic E-state index is 0.189. The number of benzene rings is 1. The van der Waals surface area contributed by atoms with Crippen LogP contribution in [0.3, 0.4) is 0 Å². The molecule has 3 N–H and O–H groups in total. The Hall–Kier alpha value is -1.59. The Labute approximate surface area is 112 Å². The van der Waals surface area contributed by atoms with E-state index in [2.05, 4.69) is 5.32 Å². The molecule has 0 aliphatic rings. The van der Waals surface area contributed by atoms with Crippen LogP contribution in [0.4, 0.5) is 0 Å². The summed E-state index contributed by atoms with van der Waals surface area (Å²) in [7, 11) is 3.64. The van der Waals surface area contributed by atoms with Gasteiger partial charge in [0.25, 0.3) is 0 Å². The van der Waals surface area contributed by atoms with E-state index in [0.717, 1.165) is 23.9 Å². The summed E-state index contributed by atoms with van der Waals surface area (Å²) >= 11 is 0. The number of hydrogen-bond acceptors (Lipinski definition) is 4. The first-order chi connectivity index (χ1) is 9.02. The van der Waals surface area contributed by atoms with E-state index in [4.69, 9.17) is 10.2 Å². The number of aryl methyl sites for hydroxylation is 1. The van der Waals surface area contributed by atoms with Crippen molar-refractivity contribution in [2.24, 2.45) is 12.8 Å². The van der Waals surface area contributed by atoms with Gasteiger partial charge in [-0.3, -0.25) is 4.57 Å². The van der Waals surface area contributed by atoms with Gasteiger partial charge in [0, 0.05) is 19.1 Å². The molecule has 0 saturated carbocycles. The molecule has 0 aliphatic heterocycles. The molecule has 104 valence electrons. The van der Waals surface area contributed by atoms with Crippen molar-refractivity contribution in [3.8, 4) is 0 Å². The van der Waals surface area contributed by atoms with Gasteiger partial charge in [-0.15, -0.1) is 0 Å². The third kappa shape index (κ3) is 2.88. The van der Waals surface area contributed by atoms with Crippen molar-refractivity contribution in [3.63, 3.8) is 0 Å². The molecule has 0 saturated heterocycles. The summed E-state index contributed by atoms with van der Waals surface area (Å²) in [5, 5.41) is 3.28. The number of hydrogen-bond donors (Lipinski definition) is 2. The molecular weight excluding hydrogens is 242 g/mol. The van der Waals surface area contributed by atoms with Crippen molar-refractivity contribution in [2.75, 3.05) is 7.05 Å². The standard InChI is InChI=1S/C14H21N3O2/c1-9(15)4-6-11(16-2)10-5-7-12-13(8-10)19-14(18)17(12)3/h5,7-9,11,16H,4,6,15H2,1-3H3. The van der Waals surface area contributed by atoms with E-state index in [9.17, 15) is 4.79 Å². The van der Waals surface area contributed by atoms with E-state index in [0.29, 0.717) is 5.58 Å². The van der Waals surface area contributed by atoms with Crippen LogP contribution in [0.5, 0.6) is 0 Å². The van der Waals surface area contributed by atoms with Crippen LogP contribution < -0.4 is 16.8 Å². The third-order valence-electron chi connectivity index (χ3n) is 3.48. The average Bonchev–Trinajstić information content (AvgIpc) is 2.65. The second-order valence-electron chi connectivity index (χ2n) is 5.05. The summed E-state index contributed by atoms with van der Waals surface area (Å²) in [5.74, 6) is -0.330. The van der Waals surface area contributed by atoms with Crippen LogP contribution >= 0.6 is 0 Å². The summed E-state index contributed by atoms with van der Waals surface area (Å²) in [6, 6.07) is 6.29. The molecule has 0 radical (unpaired) electrons. The summed E-state index contributed by atoms with van der Waals surface area (Å²) in [6.07, 6.45) is 1.90. The molecule has 0 fully saturated rings. The Morgan fingerprint density at radius 1 is 1.42 bits per heavy atom. The third-order valence-corrected chi connectivity index (χ3v) is 3.48. The van der Waals surface area contributed by atoms with Crippen molar-refractivity contribution < 1.29 is 4.42 Å². The smallest absolute Gasteiger partial charge is 0.408 e. The number of nitrogens with zero attached hydrogens (tertiary/aromatic N) is 1. The van der Waals surface area contributed by atoms with Gasteiger partial charge in [-0.25, -0.2) is 4.79 Å². The van der Waals surface area contributed by atoms with E-state index < -0.39 is 0 Å². The number of rotatable bonds is 5. The van der Waals surface area contributed by atoms with Gasteiger partial charge >= 0.3 is 5.76 Å². The largest absolute Gasteiger partial charge is 0.419 e. The lowest BCUT2D eigenvalue weighted by Gasteiger charge is -2.17. The zero-order chi connectivity index (χ0) is 14.0. The van der Waals surface area contributed by atoms with Gasteiger partial charge in [0.1, 0.15) is 0 Å². The van der Waals surface area contributed by atoms with E-state index in [-0.39, 0.29) is 17.8 Å². The summed E-state index contributed by atoms with van der Waals surface area (Å²) in [5.41, 5.74) is 8.36. The first-order valence-corrected chi connectivity index (χ1v) is 6.55. The predicted octanol–water partition coefficient (Wildman–Crippen LogP) is 1.52. The zero-order valence-corrected chi connectivity index (χ0v) is 11.6. The molecule has 5 heteroatoms. The zero-order valence-electron chi connectivity index (χ0n) is 11.6. The van der Waals surface area contributed by atoms with Gasteiger partial charge in [-0.2, -0.15) is 0 Å². The minimum Gasteiger partial charge on any atom is -0.408 e. The van der Waals surface area contributed by atoms with E-state index in [1.807, 2.05) is 32.2 Å². The van der Waals surface area contributed by atoms with Crippen LogP contribution in [-0.4, -0.2) is 17.7 Å². The Morgan fingerprint density at radius 3 is 2.79 bits per heavy atom. The fraction of sp³-hybridized carbons (Fsp3) is 0.500. The molecule has 0 aliphatic carbocycles. The van der Waals surface area contributed by atoms with E-state index in [1.165, 1.54) is 4.57 Å². The highest BCUT2D eigenvalue weighted by atomic mass is 16.4. The molecule has 0 bridgehead atoms. The fourth-order valence-electron chi connectivity index (χ4n) is 2.27. The minimum atomic E-state index is -0.330. The Kier molecular flexibility index (Phi) is 4.07. The van der Waals surface area contributed by atoms with Crippen molar-refractivity contribution in [2.45, 2.75) is 31.8 Å². The first-order valence-electron chi connectivity index (χ1n) is 6.55. The molecule has 5 nitrogen and oxygen atoms in total. The number of fused-ring (bicyclic) bond motifs is 1. The van der Waals surface area contributed by atoms with Gasteiger partial charge in [0.05, 0.1) is 5.52 Å². The SMILES string of the molecule is CNC(CCC(C)N)c1ccc2c(c1)oc(=O)n2C. The highest BCUT2D eigenvalue weighted by Crippen LogP contribution is 2.23. The van der Waals surface area contributed by atoms with Crippen molar-refractivity contribution >= 4 is 11.1 Å². The maximum Gasteiger partial charge on any atom is 0.419 e. The molecule has 1 aromatic carbocycles. The van der Waals surface area contributed by atoms with Crippen LogP contribution in [0, 0.1) is 0 Å². The Balaban J connectivity index is 2.30. The van der Waals surface area contributed by atoms with Gasteiger partial charge in [-0.05, 0) is 44.5 Å². The second-order valence-corrected chi connectivity index (χ2v) is 5.05. The second kappa shape index (κ2) is 5.59. The van der Waals surface area contributed by atoms with Crippen molar-refractivity contribution in [1.82, 2.24) is 9.88 Å². The first kappa shape index (κ1) is 13.8. The Morgan fingerprint density at radius 2 is 2.16 bits per heavy atom. The normalized spacial score (nSPS) is 14.7. The average molecular weight is 263 g/mol. The molecule has 2 unspecified atom stereocenters. The molecule has 2 rings (SSSR count). The highest BCUT2D eigenvalue weighted by molar-refractivity contribution is 5.73. The van der Waals surface area contributed by atoms with Gasteiger partial charge in [0.15, 0.2) is 5.58 Å². The van der Waals surface area contributed by atoms with Crippen LogP contribution in [0.2, 0.25) is 0 Å². The number of nitrogens with one attached hydrogen (secondary N) is 1. The molecule has 2 atom stereocenters. The van der Waals surface area contributed by atoms with Crippen molar-refractivity contribution in [1.29, 1.82) is 0 Å². The Bertz CT molecular complexity index is 613. The van der Waals surface area contributed by atoms with Gasteiger partial charge < -0.3 is 15.5 Å². The lowest BCUT2D eigenvalue weighted by molar-refractivity contribution is 0.495. The van der Waals surface area contributed by atoms with Crippen LogP contribution in [0.15, 0.2) is 27.4 Å². The predicted molar refractivity (Wildman–Crippen MR) is 76.1 cm³/mol. The topological polar surface area (TPSA) is 73.2 Å². The molecule has 2 aromatic rings. The maximum atomic E-state index is 11.5. The van der Waals surface area contributed by atoms with Crippen molar-refractivity contribution in [3.05, 3.63) is 34.3 Å². The van der Waals surface area contributed by atoms with Crippen LogP contribution in [-0.2, 0) is 7.05 Å². The lowest BCUT2D eigenvalue weighted by Crippen LogP contribution is -2.21. The molecule has 0 spiro atoms. The monoisotopic (exact) mass is 263 g/mol. The number of oxazole rings is 1. The number of nitrogens with two attached hydrogens (primary N) is 1. The van der Waals surface area contributed by atoms with Crippen LogP contribution in [0.25, 0.3) is 11.1 Å². The summed E-state index contributed by atoms with van der Waals surface area (Å²) < 4.78 is 6.72. The fourth-order valence-corrected chi connectivity index (χ4v) is 2.27.